The number of halogens is 1. The van der Waals surface area contributed by atoms with Crippen LogP contribution in [0.5, 0.6) is 5.75 Å². The van der Waals surface area contributed by atoms with Gasteiger partial charge in [-0.25, -0.2) is 0 Å². The van der Waals surface area contributed by atoms with Crippen LogP contribution in [0, 0.1) is 0 Å². The molecule has 0 atom stereocenters. The van der Waals surface area contributed by atoms with Crippen molar-refractivity contribution in [2.75, 3.05) is 11.9 Å². The number of nitrogens with one attached hydrogen (secondary N) is 1. The molecule has 0 aromatic heterocycles. The van der Waals surface area contributed by atoms with Gasteiger partial charge in [-0.3, -0.25) is 14.5 Å². The van der Waals surface area contributed by atoms with Gasteiger partial charge in [0.25, 0.3) is 5.91 Å². The van der Waals surface area contributed by atoms with Gasteiger partial charge in [0.15, 0.2) is 0 Å². The minimum Gasteiger partial charge on any atom is -0.506 e. The minimum atomic E-state index is -0.278. The number of nitrogens with zero attached hydrogens (tertiary/aromatic N) is 1. The maximum absolute atomic E-state index is 12.7. The van der Waals surface area contributed by atoms with Gasteiger partial charge in [0, 0.05) is 18.0 Å². The number of thiocarbonyl (C=S) groups is 1. The summed E-state index contributed by atoms with van der Waals surface area (Å²) in [5.41, 5.74) is 2.27. The fraction of sp³-hybridized carbons (Fsp3) is 0.174. The number of phenolic OH excluding ortho intramolecular Hbond substituents is 1. The van der Waals surface area contributed by atoms with Gasteiger partial charge in [-0.1, -0.05) is 72.0 Å². The van der Waals surface area contributed by atoms with E-state index < -0.39 is 0 Å². The molecule has 1 aliphatic heterocycles. The van der Waals surface area contributed by atoms with E-state index >= 15 is 0 Å². The predicted octanol–water partition coefficient (Wildman–Crippen LogP) is 5.61. The summed E-state index contributed by atoms with van der Waals surface area (Å²) in [5.74, 6) is -0.484. The van der Waals surface area contributed by atoms with Crippen molar-refractivity contribution in [3.63, 3.8) is 0 Å². The lowest BCUT2D eigenvalue weighted by Gasteiger charge is -2.14. The second kappa shape index (κ2) is 10.6. The normalized spacial score (nSPS) is 15.6. The fourth-order valence-electron chi connectivity index (χ4n) is 2.97. The van der Waals surface area contributed by atoms with E-state index in [4.69, 9.17) is 23.8 Å². The van der Waals surface area contributed by atoms with Gasteiger partial charge in [-0.2, -0.15) is 0 Å². The number of allylic oxidation sites excluding steroid dienone is 2. The number of thioether (sulfide) groups is 1. The zero-order valence-electron chi connectivity index (χ0n) is 16.8. The van der Waals surface area contributed by atoms with Crippen molar-refractivity contribution in [3.8, 4) is 5.75 Å². The molecule has 2 aromatic rings. The highest BCUT2D eigenvalue weighted by atomic mass is 35.5. The molecule has 5 nitrogen and oxygen atoms in total. The summed E-state index contributed by atoms with van der Waals surface area (Å²) in [6, 6.07) is 14.3. The monoisotopic (exact) mass is 472 g/mol. The lowest BCUT2D eigenvalue weighted by Crippen LogP contribution is -2.29. The third-order valence-corrected chi connectivity index (χ3v) is 6.06. The molecule has 2 N–H and O–H groups in total. The van der Waals surface area contributed by atoms with E-state index in [1.165, 1.54) is 34.9 Å². The summed E-state index contributed by atoms with van der Waals surface area (Å²) in [6.45, 7) is 2.29. The molecule has 2 aromatic carbocycles. The van der Waals surface area contributed by atoms with Crippen LogP contribution in [0.2, 0.25) is 5.02 Å². The highest BCUT2D eigenvalue weighted by molar-refractivity contribution is 8.26. The standard InChI is InChI=1S/C23H21ClN2O3S2/c1-15(12-16-6-3-2-4-7-16)13-20-22(29)26(23(30)31-20)11-5-8-21(28)25-18-14-17(24)9-10-19(18)27/h2-4,6-7,9-10,12-14,27H,5,8,11H2,1H3,(H,25,28)/b15-12+,20-13-. The smallest absolute Gasteiger partial charge is 0.266 e. The maximum Gasteiger partial charge on any atom is 0.266 e. The Balaban J connectivity index is 1.55. The average Bonchev–Trinajstić information content (AvgIpc) is 2.98. The van der Waals surface area contributed by atoms with Gasteiger partial charge in [0.05, 0.1) is 10.6 Å². The van der Waals surface area contributed by atoms with E-state index in [2.05, 4.69) is 5.32 Å². The highest BCUT2D eigenvalue weighted by Crippen LogP contribution is 2.32. The van der Waals surface area contributed by atoms with Gasteiger partial charge in [0.2, 0.25) is 5.91 Å². The molecule has 1 fully saturated rings. The topological polar surface area (TPSA) is 69.6 Å². The molecule has 0 aliphatic carbocycles. The van der Waals surface area contributed by atoms with Crippen molar-refractivity contribution in [1.29, 1.82) is 0 Å². The second-order valence-electron chi connectivity index (χ2n) is 6.95. The first-order chi connectivity index (χ1) is 14.8. The van der Waals surface area contributed by atoms with E-state index in [9.17, 15) is 14.7 Å². The molecule has 1 heterocycles. The number of anilines is 1. The Hall–Kier alpha value is -2.61. The van der Waals surface area contributed by atoms with Crippen molar-refractivity contribution in [2.24, 2.45) is 0 Å². The van der Waals surface area contributed by atoms with E-state index in [1.807, 2.05) is 49.4 Å². The molecule has 31 heavy (non-hydrogen) atoms. The van der Waals surface area contributed by atoms with Crippen LogP contribution in [-0.4, -0.2) is 32.7 Å². The number of carbonyl (C=O) groups excluding carboxylic acids is 2. The van der Waals surface area contributed by atoms with Crippen LogP contribution >= 0.6 is 35.6 Å². The van der Waals surface area contributed by atoms with Gasteiger partial charge < -0.3 is 10.4 Å². The average molecular weight is 473 g/mol. The van der Waals surface area contributed by atoms with Crippen molar-refractivity contribution in [2.45, 2.75) is 19.8 Å². The maximum atomic E-state index is 12.7. The quantitative estimate of drug-likeness (QED) is 0.311. The molecule has 1 aliphatic rings. The van der Waals surface area contributed by atoms with E-state index in [0.717, 1.165) is 11.1 Å². The zero-order valence-corrected chi connectivity index (χ0v) is 19.2. The summed E-state index contributed by atoms with van der Waals surface area (Å²) < 4.78 is 0.483. The number of hydrogen-bond donors (Lipinski definition) is 2. The molecule has 0 radical (unpaired) electrons. The van der Waals surface area contributed by atoms with Crippen molar-refractivity contribution < 1.29 is 14.7 Å². The first kappa shape index (κ1) is 23.1. The van der Waals surface area contributed by atoms with E-state index in [1.54, 1.807) is 0 Å². The number of phenols is 1. The summed E-state index contributed by atoms with van der Waals surface area (Å²) in [5, 5.41) is 12.8. The summed E-state index contributed by atoms with van der Waals surface area (Å²) in [6.07, 6.45) is 4.45. The third kappa shape index (κ3) is 6.43. The van der Waals surface area contributed by atoms with Crippen LogP contribution in [0.4, 0.5) is 5.69 Å². The largest absolute Gasteiger partial charge is 0.506 e. The van der Waals surface area contributed by atoms with Crippen LogP contribution in [0.3, 0.4) is 0 Å². The van der Waals surface area contributed by atoms with Crippen molar-refractivity contribution in [1.82, 2.24) is 4.90 Å². The lowest BCUT2D eigenvalue weighted by atomic mass is 10.1. The van der Waals surface area contributed by atoms with Crippen molar-refractivity contribution in [3.05, 3.63) is 75.7 Å². The van der Waals surface area contributed by atoms with E-state index in [0.29, 0.717) is 27.2 Å². The molecule has 160 valence electrons. The number of aromatic hydroxyl groups is 1. The molecule has 0 bridgehead atoms. The Bertz CT molecular complexity index is 1070. The molecular formula is C23H21ClN2O3S2. The molecule has 0 spiro atoms. The molecule has 2 amide bonds. The number of benzene rings is 2. The van der Waals surface area contributed by atoms with Crippen LogP contribution < -0.4 is 5.32 Å². The predicted molar refractivity (Wildman–Crippen MR) is 131 cm³/mol. The Morgan fingerprint density at radius 2 is 2.00 bits per heavy atom. The van der Waals surface area contributed by atoms with Gasteiger partial charge in [-0.15, -0.1) is 0 Å². The number of carbonyl (C=O) groups is 2. The van der Waals surface area contributed by atoms with E-state index in [-0.39, 0.29) is 29.7 Å². The minimum absolute atomic E-state index is 0.0567. The van der Waals surface area contributed by atoms with Gasteiger partial charge in [-0.05, 0) is 48.8 Å². The molecule has 1 saturated heterocycles. The molecule has 8 heteroatoms. The molecule has 0 saturated carbocycles. The summed E-state index contributed by atoms with van der Waals surface area (Å²) in [7, 11) is 0. The third-order valence-electron chi connectivity index (χ3n) is 4.44. The van der Waals surface area contributed by atoms with Crippen LogP contribution in [0.25, 0.3) is 6.08 Å². The molecule has 3 rings (SSSR count). The Morgan fingerprint density at radius 1 is 1.26 bits per heavy atom. The number of hydrogen-bond acceptors (Lipinski definition) is 5. The first-order valence-electron chi connectivity index (χ1n) is 9.60. The first-order valence-corrected chi connectivity index (χ1v) is 11.2. The molecule has 0 unspecified atom stereocenters. The molecular weight excluding hydrogens is 452 g/mol. The Kier molecular flexibility index (Phi) is 7.90. The zero-order chi connectivity index (χ0) is 22.4. The second-order valence-corrected chi connectivity index (χ2v) is 9.06. The summed E-state index contributed by atoms with van der Waals surface area (Å²) >= 11 is 12.5. The Labute approximate surface area is 195 Å². The van der Waals surface area contributed by atoms with Crippen LogP contribution in [-0.2, 0) is 9.59 Å². The number of amides is 2. The van der Waals surface area contributed by atoms with Gasteiger partial charge >= 0.3 is 0 Å². The Morgan fingerprint density at radius 3 is 2.74 bits per heavy atom. The summed E-state index contributed by atoms with van der Waals surface area (Å²) in [4.78, 5) is 27.0. The van der Waals surface area contributed by atoms with Crippen LogP contribution in [0.15, 0.2) is 65.1 Å². The fourth-order valence-corrected chi connectivity index (χ4v) is 4.50. The number of rotatable bonds is 7. The highest BCUT2D eigenvalue weighted by Gasteiger charge is 2.31. The van der Waals surface area contributed by atoms with Crippen molar-refractivity contribution >= 4 is 63.5 Å². The SMILES string of the molecule is CC(/C=C1\SC(=S)N(CCCC(=O)Nc2cc(Cl)ccc2O)C1=O)=C\c1ccccc1. The van der Waals surface area contributed by atoms with Gasteiger partial charge in [0.1, 0.15) is 10.1 Å². The van der Waals surface area contributed by atoms with Crippen LogP contribution in [0.1, 0.15) is 25.3 Å². The lowest BCUT2D eigenvalue weighted by molar-refractivity contribution is -0.122.